The van der Waals surface area contributed by atoms with E-state index in [2.05, 4.69) is 42.8 Å². The third-order valence-corrected chi connectivity index (χ3v) is 7.31. The number of benzene rings is 3. The fraction of sp³-hybridized carbons (Fsp3) is 0.179. The van der Waals surface area contributed by atoms with E-state index in [-0.39, 0.29) is 12.4 Å². The second kappa shape index (κ2) is 11.1. The van der Waals surface area contributed by atoms with Gasteiger partial charge in [0, 0.05) is 33.3 Å². The number of thioether (sulfide) groups is 1. The molecule has 2 heterocycles. The van der Waals surface area contributed by atoms with Crippen LogP contribution in [0.5, 0.6) is 0 Å². The number of furan rings is 1. The molecule has 0 spiro atoms. The van der Waals surface area contributed by atoms with Gasteiger partial charge in [0.05, 0.1) is 6.61 Å². The van der Waals surface area contributed by atoms with E-state index in [1.165, 1.54) is 17.3 Å². The molecule has 3 aromatic carbocycles. The number of hydrogen-bond donors (Lipinski definition) is 0. The number of aromatic nitrogens is 3. The van der Waals surface area contributed by atoms with Crippen LogP contribution in [-0.4, -0.2) is 27.3 Å². The average Bonchev–Trinajstić information content (AvgIpc) is 3.48. The lowest BCUT2D eigenvalue weighted by atomic mass is 10.1. The highest BCUT2D eigenvalue weighted by molar-refractivity contribution is 9.10. The molecule has 36 heavy (non-hydrogen) atoms. The van der Waals surface area contributed by atoms with Crippen LogP contribution in [-0.2, 0) is 23.5 Å². The average molecular weight is 562 g/mol. The summed E-state index contributed by atoms with van der Waals surface area (Å²) in [5, 5.41) is 10.8. The number of ether oxygens (including phenoxy) is 1. The minimum atomic E-state index is -0.453. The number of esters is 1. The number of hydrogen-bond acceptors (Lipinski definition) is 6. The SMILES string of the molecule is CCOC(=O)c1oc2ccccc2c1CSc1nnc(-c2ccc(Br)cc2)n1CCc1ccccc1. The molecule has 0 aliphatic carbocycles. The first-order chi connectivity index (χ1) is 17.6. The van der Waals surface area contributed by atoms with Crippen molar-refractivity contribution in [2.75, 3.05) is 6.61 Å². The number of para-hydroxylation sites is 1. The van der Waals surface area contributed by atoms with E-state index >= 15 is 0 Å². The Kier molecular flexibility index (Phi) is 7.53. The van der Waals surface area contributed by atoms with E-state index in [0.717, 1.165) is 44.9 Å². The molecule has 0 atom stereocenters. The summed E-state index contributed by atoms with van der Waals surface area (Å²) in [6.45, 7) is 2.79. The van der Waals surface area contributed by atoms with Crippen LogP contribution in [0.4, 0.5) is 0 Å². The summed E-state index contributed by atoms with van der Waals surface area (Å²) >= 11 is 5.04. The quantitative estimate of drug-likeness (QED) is 0.140. The minimum absolute atomic E-state index is 0.244. The Labute approximate surface area is 221 Å². The second-order valence-electron chi connectivity index (χ2n) is 8.12. The van der Waals surface area contributed by atoms with Crippen LogP contribution in [0.1, 0.15) is 28.6 Å². The lowest BCUT2D eigenvalue weighted by molar-refractivity contribution is 0.0491. The van der Waals surface area contributed by atoms with Gasteiger partial charge >= 0.3 is 5.97 Å². The first kappa shape index (κ1) is 24.3. The van der Waals surface area contributed by atoms with E-state index in [0.29, 0.717) is 11.3 Å². The molecule has 0 fully saturated rings. The van der Waals surface area contributed by atoms with Gasteiger partial charge < -0.3 is 13.7 Å². The topological polar surface area (TPSA) is 70.2 Å². The second-order valence-corrected chi connectivity index (χ2v) is 9.97. The number of rotatable bonds is 9. The third-order valence-electron chi connectivity index (χ3n) is 5.79. The highest BCUT2D eigenvalue weighted by atomic mass is 79.9. The summed E-state index contributed by atoms with van der Waals surface area (Å²) in [6.07, 6.45) is 0.846. The molecule has 182 valence electrons. The summed E-state index contributed by atoms with van der Waals surface area (Å²) in [5.41, 5.74) is 3.70. The van der Waals surface area contributed by atoms with Gasteiger partial charge in [-0.05, 0) is 37.1 Å². The van der Waals surface area contributed by atoms with Crippen LogP contribution in [0.2, 0.25) is 0 Å². The summed E-state index contributed by atoms with van der Waals surface area (Å²) in [7, 11) is 0. The van der Waals surface area contributed by atoms with E-state index in [9.17, 15) is 4.79 Å². The summed E-state index contributed by atoms with van der Waals surface area (Å²) in [6, 6.07) is 26.1. The van der Waals surface area contributed by atoms with Gasteiger partial charge in [0.2, 0.25) is 5.76 Å². The molecule has 0 aliphatic heterocycles. The van der Waals surface area contributed by atoms with Crippen molar-refractivity contribution in [1.29, 1.82) is 0 Å². The Hall–Kier alpha value is -3.36. The molecule has 0 aliphatic rings. The van der Waals surface area contributed by atoms with E-state index in [1.54, 1.807) is 6.92 Å². The molecule has 0 N–H and O–H groups in total. The molecule has 5 rings (SSSR count). The fourth-order valence-electron chi connectivity index (χ4n) is 4.04. The molecule has 0 amide bonds. The smallest absolute Gasteiger partial charge is 0.374 e. The maximum atomic E-state index is 12.6. The predicted molar refractivity (Wildman–Crippen MR) is 145 cm³/mol. The molecule has 0 radical (unpaired) electrons. The van der Waals surface area contributed by atoms with Crippen molar-refractivity contribution in [3.05, 3.63) is 100 Å². The van der Waals surface area contributed by atoms with Crippen LogP contribution in [0.15, 0.2) is 92.9 Å². The number of fused-ring (bicyclic) bond motifs is 1. The van der Waals surface area contributed by atoms with E-state index < -0.39 is 5.97 Å². The molecule has 0 bridgehead atoms. The Balaban J connectivity index is 1.47. The van der Waals surface area contributed by atoms with Crippen LogP contribution < -0.4 is 0 Å². The number of carbonyl (C=O) groups excluding carboxylic acids is 1. The van der Waals surface area contributed by atoms with Gasteiger partial charge in [0.1, 0.15) is 5.58 Å². The van der Waals surface area contributed by atoms with Gasteiger partial charge in [0.25, 0.3) is 0 Å². The summed E-state index contributed by atoms with van der Waals surface area (Å²) in [4.78, 5) is 12.6. The zero-order valence-corrected chi connectivity index (χ0v) is 22.1. The van der Waals surface area contributed by atoms with Gasteiger partial charge in [-0.25, -0.2) is 4.79 Å². The van der Waals surface area contributed by atoms with E-state index in [1.807, 2.05) is 66.7 Å². The van der Waals surface area contributed by atoms with Crippen LogP contribution in [0.3, 0.4) is 0 Å². The Morgan fingerprint density at radius 2 is 1.75 bits per heavy atom. The Morgan fingerprint density at radius 3 is 2.53 bits per heavy atom. The van der Waals surface area contributed by atoms with Crippen molar-refractivity contribution in [1.82, 2.24) is 14.8 Å². The minimum Gasteiger partial charge on any atom is -0.460 e. The third kappa shape index (κ3) is 5.24. The first-order valence-electron chi connectivity index (χ1n) is 11.7. The molecule has 0 saturated carbocycles. The monoisotopic (exact) mass is 561 g/mol. The van der Waals surface area contributed by atoms with Crippen molar-refractivity contribution in [3.63, 3.8) is 0 Å². The molecular weight excluding hydrogens is 538 g/mol. The van der Waals surface area contributed by atoms with Gasteiger partial charge in [0.15, 0.2) is 11.0 Å². The standard InChI is InChI=1S/C28H24BrN3O3S/c1-2-34-27(33)25-23(22-10-6-7-11-24(22)35-25)18-36-28-31-30-26(20-12-14-21(29)15-13-20)32(28)17-16-19-8-4-3-5-9-19/h3-15H,2,16-18H2,1H3. The number of nitrogens with zero attached hydrogens (tertiary/aromatic N) is 3. The van der Waals surface area contributed by atoms with Crippen molar-refractivity contribution < 1.29 is 13.9 Å². The molecule has 0 unspecified atom stereocenters. The maximum absolute atomic E-state index is 12.6. The number of aryl methyl sites for hydroxylation is 1. The van der Waals surface area contributed by atoms with Crippen molar-refractivity contribution >= 4 is 44.6 Å². The molecule has 0 saturated heterocycles. The molecule has 6 nitrogen and oxygen atoms in total. The van der Waals surface area contributed by atoms with Crippen LogP contribution in [0.25, 0.3) is 22.4 Å². The highest BCUT2D eigenvalue weighted by Gasteiger charge is 2.23. The Morgan fingerprint density at radius 1 is 1.00 bits per heavy atom. The molecule has 8 heteroatoms. The summed E-state index contributed by atoms with van der Waals surface area (Å²) in [5.74, 6) is 1.10. The largest absolute Gasteiger partial charge is 0.460 e. The van der Waals surface area contributed by atoms with Crippen LogP contribution in [0, 0.1) is 0 Å². The first-order valence-corrected chi connectivity index (χ1v) is 13.4. The van der Waals surface area contributed by atoms with Gasteiger partial charge in [-0.2, -0.15) is 0 Å². The number of carbonyl (C=O) groups is 1. The highest BCUT2D eigenvalue weighted by Crippen LogP contribution is 2.33. The van der Waals surface area contributed by atoms with Gasteiger partial charge in [-0.1, -0.05) is 88.4 Å². The zero-order valence-electron chi connectivity index (χ0n) is 19.7. The number of halogens is 1. The van der Waals surface area contributed by atoms with Crippen molar-refractivity contribution in [3.8, 4) is 11.4 Å². The predicted octanol–water partition coefficient (Wildman–Crippen LogP) is 7.17. The fourth-order valence-corrected chi connectivity index (χ4v) is 5.29. The van der Waals surface area contributed by atoms with Gasteiger partial charge in [-0.15, -0.1) is 10.2 Å². The Bertz CT molecular complexity index is 1480. The van der Waals surface area contributed by atoms with Gasteiger partial charge in [-0.3, -0.25) is 0 Å². The lowest BCUT2D eigenvalue weighted by Crippen LogP contribution is -2.07. The van der Waals surface area contributed by atoms with Crippen molar-refractivity contribution in [2.45, 2.75) is 30.8 Å². The van der Waals surface area contributed by atoms with Crippen molar-refractivity contribution in [2.24, 2.45) is 0 Å². The molecule has 5 aromatic rings. The lowest BCUT2D eigenvalue weighted by Gasteiger charge is -2.11. The van der Waals surface area contributed by atoms with Crippen LogP contribution >= 0.6 is 27.7 Å². The normalized spacial score (nSPS) is 11.2. The van der Waals surface area contributed by atoms with E-state index in [4.69, 9.17) is 9.15 Å². The zero-order chi connectivity index (χ0) is 24.9. The molecular formula is C28H24BrN3O3S. The molecule has 2 aromatic heterocycles. The summed E-state index contributed by atoms with van der Waals surface area (Å²) < 4.78 is 14.3. The maximum Gasteiger partial charge on any atom is 0.374 e.